The summed E-state index contributed by atoms with van der Waals surface area (Å²) in [5, 5.41) is 6.74. The van der Waals surface area contributed by atoms with Crippen molar-refractivity contribution in [2.24, 2.45) is 7.05 Å². The molecule has 1 aliphatic rings. The minimum absolute atomic E-state index is 0.0899. The van der Waals surface area contributed by atoms with Crippen molar-refractivity contribution in [2.45, 2.75) is 19.8 Å². The molecule has 27 heavy (non-hydrogen) atoms. The van der Waals surface area contributed by atoms with Gasteiger partial charge in [-0.05, 0) is 31.5 Å². The molecule has 4 rings (SSSR count). The van der Waals surface area contributed by atoms with Gasteiger partial charge in [0, 0.05) is 25.7 Å². The van der Waals surface area contributed by atoms with Gasteiger partial charge in [-0.2, -0.15) is 0 Å². The fraction of sp³-hybridized carbons (Fsp3) is 0.316. The largest absolute Gasteiger partial charge is 0.492 e. The molecule has 3 heterocycles. The summed E-state index contributed by atoms with van der Waals surface area (Å²) >= 11 is 0. The van der Waals surface area contributed by atoms with Gasteiger partial charge in [-0.1, -0.05) is 6.07 Å². The molecular weight excluding hydrogens is 346 g/mol. The first-order valence-corrected chi connectivity index (χ1v) is 8.80. The lowest BCUT2D eigenvalue weighted by Gasteiger charge is -2.21. The molecule has 8 nitrogen and oxygen atoms in total. The van der Waals surface area contributed by atoms with Gasteiger partial charge in [0.15, 0.2) is 11.4 Å². The highest BCUT2D eigenvalue weighted by atomic mass is 16.5. The molecule has 2 aromatic heterocycles. The number of benzene rings is 1. The molecule has 1 amide bonds. The maximum atomic E-state index is 12.5. The lowest BCUT2D eigenvalue weighted by molar-refractivity contribution is -0.117. The Morgan fingerprint density at radius 2 is 2.07 bits per heavy atom. The molecule has 2 N–H and O–H groups in total. The van der Waals surface area contributed by atoms with Crippen molar-refractivity contribution in [3.05, 3.63) is 40.3 Å². The Morgan fingerprint density at radius 3 is 2.78 bits per heavy atom. The molecule has 0 radical (unpaired) electrons. The van der Waals surface area contributed by atoms with Crippen LogP contribution in [0.1, 0.15) is 18.5 Å². The van der Waals surface area contributed by atoms with Crippen LogP contribution in [0, 0.1) is 6.92 Å². The molecular formula is C19H21N5O3. The summed E-state index contributed by atoms with van der Waals surface area (Å²) in [5.41, 5.74) is 3.19. The van der Waals surface area contributed by atoms with Gasteiger partial charge in [0.2, 0.25) is 5.91 Å². The number of nitrogens with zero attached hydrogens (tertiary/aromatic N) is 3. The van der Waals surface area contributed by atoms with E-state index in [2.05, 4.69) is 15.4 Å². The number of hydrogen-bond acceptors (Lipinski definition) is 5. The van der Waals surface area contributed by atoms with E-state index in [-0.39, 0.29) is 11.5 Å². The van der Waals surface area contributed by atoms with Crippen molar-refractivity contribution in [1.82, 2.24) is 14.8 Å². The number of carbonyl (C=O) groups is 1. The summed E-state index contributed by atoms with van der Waals surface area (Å²) < 4.78 is 7.03. The molecule has 1 aromatic carbocycles. The van der Waals surface area contributed by atoms with E-state index in [0.717, 1.165) is 17.8 Å². The first kappa shape index (κ1) is 17.1. The Kier molecular flexibility index (Phi) is 4.10. The second-order valence-corrected chi connectivity index (χ2v) is 6.64. The highest BCUT2D eigenvalue weighted by molar-refractivity contribution is 5.99. The third-order valence-corrected chi connectivity index (χ3v) is 4.77. The predicted octanol–water partition coefficient (Wildman–Crippen LogP) is 2.45. The zero-order valence-electron chi connectivity index (χ0n) is 15.5. The maximum absolute atomic E-state index is 12.5. The van der Waals surface area contributed by atoms with Crippen molar-refractivity contribution in [3.63, 3.8) is 0 Å². The predicted molar refractivity (Wildman–Crippen MR) is 104 cm³/mol. The second kappa shape index (κ2) is 6.46. The van der Waals surface area contributed by atoms with Gasteiger partial charge in [-0.3, -0.25) is 19.4 Å². The monoisotopic (exact) mass is 367 g/mol. The quantitative estimate of drug-likeness (QED) is 0.739. The van der Waals surface area contributed by atoms with Crippen LogP contribution in [0.4, 0.5) is 17.1 Å². The molecule has 1 aliphatic heterocycles. The summed E-state index contributed by atoms with van der Waals surface area (Å²) in [6.07, 6.45) is 1.38. The van der Waals surface area contributed by atoms with E-state index in [9.17, 15) is 9.59 Å². The van der Waals surface area contributed by atoms with Gasteiger partial charge >= 0.3 is 0 Å². The van der Waals surface area contributed by atoms with Crippen LogP contribution in [-0.4, -0.2) is 34.3 Å². The fourth-order valence-corrected chi connectivity index (χ4v) is 3.54. The van der Waals surface area contributed by atoms with Gasteiger partial charge < -0.3 is 15.0 Å². The molecule has 1 saturated heterocycles. The molecule has 8 heteroatoms. The van der Waals surface area contributed by atoms with Crippen LogP contribution in [0.3, 0.4) is 0 Å². The molecule has 0 aliphatic carbocycles. The van der Waals surface area contributed by atoms with Gasteiger partial charge in [0.25, 0.3) is 5.56 Å². The van der Waals surface area contributed by atoms with Crippen molar-refractivity contribution in [1.29, 1.82) is 0 Å². The van der Waals surface area contributed by atoms with Gasteiger partial charge in [-0.15, -0.1) is 0 Å². The van der Waals surface area contributed by atoms with Crippen LogP contribution in [0.25, 0.3) is 11.0 Å². The standard InChI is InChI=1S/C19H21N5O3/c1-11-10-13(16-18(20-11)22-23(2)19(16)26)21-12-6-4-7-14(17(12)27-3)24-9-5-8-15(24)25/h4,6-7,10H,5,8-9H2,1-3H3,(H2,20,21,22). The molecule has 1 fully saturated rings. The van der Waals surface area contributed by atoms with E-state index in [1.54, 1.807) is 19.1 Å². The number of rotatable bonds is 4. The zero-order chi connectivity index (χ0) is 19.1. The number of methoxy groups -OCH3 is 1. The molecule has 140 valence electrons. The molecule has 0 spiro atoms. The number of nitrogens with one attached hydrogen (secondary N) is 2. The Morgan fingerprint density at radius 1 is 1.26 bits per heavy atom. The number of fused-ring (bicyclic) bond motifs is 1. The Bertz CT molecular complexity index is 1100. The van der Waals surface area contributed by atoms with E-state index in [0.29, 0.717) is 41.1 Å². The van der Waals surface area contributed by atoms with Gasteiger partial charge in [0.05, 0.1) is 24.2 Å². The molecule has 3 aromatic rings. The molecule has 0 unspecified atom stereocenters. The van der Waals surface area contributed by atoms with Crippen LogP contribution in [0.2, 0.25) is 0 Å². The van der Waals surface area contributed by atoms with Crippen molar-refractivity contribution in [2.75, 3.05) is 23.9 Å². The normalized spacial score (nSPS) is 14.2. The first-order chi connectivity index (χ1) is 13.0. The van der Waals surface area contributed by atoms with E-state index < -0.39 is 0 Å². The number of anilines is 3. The van der Waals surface area contributed by atoms with E-state index in [1.807, 2.05) is 31.2 Å². The number of aromatic nitrogens is 3. The topological polar surface area (TPSA) is 92.2 Å². The Labute approximate surface area is 155 Å². The number of hydrogen-bond donors (Lipinski definition) is 2. The Balaban J connectivity index is 1.83. The number of carbonyl (C=O) groups excluding carboxylic acids is 1. The summed E-state index contributed by atoms with van der Waals surface area (Å²) in [4.78, 5) is 30.8. The number of ether oxygens (including phenoxy) is 1. The smallest absolute Gasteiger partial charge is 0.277 e. The minimum Gasteiger partial charge on any atom is -0.492 e. The fourth-order valence-electron chi connectivity index (χ4n) is 3.54. The van der Waals surface area contributed by atoms with Crippen LogP contribution in [0.15, 0.2) is 29.1 Å². The SMILES string of the molecule is COc1c(Nc2cc(C)nc3[nH]n(C)c(=O)c23)cccc1N1CCCC1=O. The number of pyridine rings is 1. The van der Waals surface area contributed by atoms with Crippen molar-refractivity contribution < 1.29 is 9.53 Å². The van der Waals surface area contributed by atoms with E-state index in [4.69, 9.17) is 4.74 Å². The highest BCUT2D eigenvalue weighted by Gasteiger charge is 2.26. The number of amides is 1. The lowest BCUT2D eigenvalue weighted by atomic mass is 10.2. The highest BCUT2D eigenvalue weighted by Crippen LogP contribution is 2.39. The van der Waals surface area contributed by atoms with Crippen molar-refractivity contribution in [3.8, 4) is 5.75 Å². The summed E-state index contributed by atoms with van der Waals surface area (Å²) in [7, 11) is 3.23. The molecule has 0 bridgehead atoms. The summed E-state index contributed by atoms with van der Waals surface area (Å²) in [6, 6.07) is 7.43. The zero-order valence-corrected chi connectivity index (χ0v) is 15.5. The van der Waals surface area contributed by atoms with Crippen LogP contribution in [0.5, 0.6) is 5.75 Å². The van der Waals surface area contributed by atoms with Crippen LogP contribution in [-0.2, 0) is 11.8 Å². The third kappa shape index (κ3) is 2.83. The number of para-hydroxylation sites is 1. The van der Waals surface area contributed by atoms with Crippen molar-refractivity contribution >= 4 is 34.0 Å². The number of aryl methyl sites for hydroxylation is 2. The minimum atomic E-state index is -0.162. The second-order valence-electron chi connectivity index (χ2n) is 6.64. The molecule has 0 atom stereocenters. The average Bonchev–Trinajstić information content (AvgIpc) is 3.18. The third-order valence-electron chi connectivity index (χ3n) is 4.77. The number of H-pyrrole nitrogens is 1. The summed E-state index contributed by atoms with van der Waals surface area (Å²) in [6.45, 7) is 2.54. The van der Waals surface area contributed by atoms with Crippen LogP contribution < -0.4 is 20.5 Å². The number of aromatic amines is 1. The molecule has 0 saturated carbocycles. The van der Waals surface area contributed by atoms with Crippen LogP contribution >= 0.6 is 0 Å². The average molecular weight is 367 g/mol. The van der Waals surface area contributed by atoms with Gasteiger partial charge in [0.1, 0.15) is 5.39 Å². The summed E-state index contributed by atoms with van der Waals surface area (Å²) in [5.74, 6) is 0.662. The van der Waals surface area contributed by atoms with E-state index in [1.165, 1.54) is 4.68 Å². The Hall–Kier alpha value is -3.29. The van der Waals surface area contributed by atoms with Gasteiger partial charge in [-0.25, -0.2) is 4.98 Å². The maximum Gasteiger partial charge on any atom is 0.277 e. The van der Waals surface area contributed by atoms with E-state index >= 15 is 0 Å². The first-order valence-electron chi connectivity index (χ1n) is 8.80. The lowest BCUT2D eigenvalue weighted by Crippen LogP contribution is -2.24.